The molecule has 0 amide bonds. The van der Waals surface area contributed by atoms with E-state index in [1.807, 2.05) is 13.0 Å². The first-order chi connectivity index (χ1) is 8.60. The number of nitrogens with zero attached hydrogens (tertiary/aromatic N) is 4. The van der Waals surface area contributed by atoms with Gasteiger partial charge < -0.3 is 5.32 Å². The molecule has 0 aliphatic heterocycles. The van der Waals surface area contributed by atoms with E-state index in [1.165, 1.54) is 16.1 Å². The second-order valence-corrected chi connectivity index (χ2v) is 6.07. The third-order valence-corrected chi connectivity index (χ3v) is 3.96. The molecule has 0 radical (unpaired) electrons. The molecule has 1 atom stereocenters. The lowest BCUT2D eigenvalue weighted by atomic mass is 10.1. The van der Waals surface area contributed by atoms with E-state index in [2.05, 4.69) is 20.7 Å². The molecule has 0 fully saturated rings. The predicted octanol–water partition coefficient (Wildman–Crippen LogP) is 2.47. The zero-order chi connectivity index (χ0) is 13.1. The van der Waals surface area contributed by atoms with Crippen LogP contribution in [0.25, 0.3) is 0 Å². The monoisotopic (exact) mass is 305 g/mol. The number of halogens is 2. The summed E-state index contributed by atoms with van der Waals surface area (Å²) in [5.74, 6) is 0.682. The summed E-state index contributed by atoms with van der Waals surface area (Å²) in [6, 6.07) is 1.94. The van der Waals surface area contributed by atoms with Crippen LogP contribution in [-0.4, -0.2) is 26.8 Å². The van der Waals surface area contributed by atoms with E-state index in [0.717, 1.165) is 12.1 Å². The average molecular weight is 306 g/mol. The van der Waals surface area contributed by atoms with E-state index >= 15 is 0 Å². The van der Waals surface area contributed by atoms with Gasteiger partial charge in [-0.2, -0.15) is 4.80 Å². The van der Waals surface area contributed by atoms with E-state index in [4.69, 9.17) is 23.2 Å². The summed E-state index contributed by atoms with van der Waals surface area (Å²) < 4.78 is 1.39. The molecule has 0 bridgehead atoms. The van der Waals surface area contributed by atoms with Crippen LogP contribution in [0.2, 0.25) is 8.67 Å². The van der Waals surface area contributed by atoms with Crippen LogP contribution in [0.5, 0.6) is 0 Å². The molecule has 0 aliphatic rings. The van der Waals surface area contributed by atoms with Crippen LogP contribution in [0.1, 0.15) is 24.4 Å². The summed E-state index contributed by atoms with van der Waals surface area (Å²) in [6.45, 7) is 2.87. The molecule has 0 saturated carbocycles. The lowest BCUT2D eigenvalue weighted by Crippen LogP contribution is -2.23. The minimum absolute atomic E-state index is 0.0513. The van der Waals surface area contributed by atoms with Crippen molar-refractivity contribution in [2.24, 2.45) is 7.05 Å². The van der Waals surface area contributed by atoms with E-state index in [0.29, 0.717) is 20.9 Å². The van der Waals surface area contributed by atoms with Gasteiger partial charge in [0, 0.05) is 18.0 Å². The minimum atomic E-state index is 0.0513. The smallest absolute Gasteiger partial charge is 0.176 e. The van der Waals surface area contributed by atoms with Gasteiger partial charge in [0.2, 0.25) is 0 Å². The first-order valence-electron chi connectivity index (χ1n) is 5.51. The van der Waals surface area contributed by atoms with Crippen LogP contribution < -0.4 is 5.32 Å². The molecule has 2 rings (SSSR count). The summed E-state index contributed by atoms with van der Waals surface area (Å²) in [7, 11) is 1.74. The maximum Gasteiger partial charge on any atom is 0.176 e. The van der Waals surface area contributed by atoms with E-state index < -0.39 is 0 Å². The van der Waals surface area contributed by atoms with Gasteiger partial charge in [0.05, 0.1) is 15.7 Å². The molecule has 98 valence electrons. The molecule has 0 aliphatic carbocycles. The molecule has 1 unspecified atom stereocenters. The van der Waals surface area contributed by atoms with E-state index in [9.17, 15) is 0 Å². The fourth-order valence-corrected chi connectivity index (χ4v) is 3.30. The summed E-state index contributed by atoms with van der Waals surface area (Å²) >= 11 is 13.5. The first kappa shape index (κ1) is 13.7. The molecule has 2 heterocycles. The van der Waals surface area contributed by atoms with Crippen LogP contribution in [0.4, 0.5) is 0 Å². The van der Waals surface area contributed by atoms with Crippen LogP contribution in [0.3, 0.4) is 0 Å². The normalized spacial score (nSPS) is 12.9. The third kappa shape index (κ3) is 3.20. The number of hydrogen-bond donors (Lipinski definition) is 1. The molecule has 5 nitrogen and oxygen atoms in total. The third-order valence-electron chi connectivity index (χ3n) is 2.45. The Labute approximate surface area is 119 Å². The molecule has 8 heteroatoms. The van der Waals surface area contributed by atoms with Gasteiger partial charge in [-0.1, -0.05) is 30.1 Å². The van der Waals surface area contributed by atoms with Gasteiger partial charge in [0.15, 0.2) is 5.82 Å². The van der Waals surface area contributed by atoms with Crippen molar-refractivity contribution in [2.75, 3.05) is 6.54 Å². The topological polar surface area (TPSA) is 55.6 Å². The Kier molecular flexibility index (Phi) is 4.55. The molecular formula is C10H13Cl2N5S. The number of thiophene rings is 1. The molecule has 2 aromatic rings. The van der Waals surface area contributed by atoms with Gasteiger partial charge in [-0.05, 0) is 17.8 Å². The highest BCUT2D eigenvalue weighted by atomic mass is 35.5. The van der Waals surface area contributed by atoms with Crippen molar-refractivity contribution < 1.29 is 0 Å². The van der Waals surface area contributed by atoms with Crippen molar-refractivity contribution in [3.63, 3.8) is 0 Å². The zero-order valence-electron chi connectivity index (χ0n) is 10.0. The highest BCUT2D eigenvalue weighted by Crippen LogP contribution is 2.35. The summed E-state index contributed by atoms with van der Waals surface area (Å²) in [5.41, 5.74) is 0.987. The van der Waals surface area contributed by atoms with Crippen LogP contribution >= 0.6 is 34.5 Å². The Hall–Kier alpha value is -0.690. The molecule has 2 aromatic heterocycles. The number of rotatable bonds is 5. The Morgan fingerprint density at radius 1 is 1.50 bits per heavy atom. The minimum Gasteiger partial charge on any atom is -0.310 e. The summed E-state index contributed by atoms with van der Waals surface area (Å²) in [6.07, 6.45) is 0.633. The highest BCUT2D eigenvalue weighted by molar-refractivity contribution is 7.20. The van der Waals surface area contributed by atoms with Gasteiger partial charge in [-0.3, -0.25) is 0 Å². The number of nitrogens with one attached hydrogen (secondary N) is 1. The lowest BCUT2D eigenvalue weighted by molar-refractivity contribution is 0.536. The fraction of sp³-hybridized carbons (Fsp3) is 0.500. The molecule has 0 saturated heterocycles. The van der Waals surface area contributed by atoms with E-state index in [-0.39, 0.29) is 6.04 Å². The number of likely N-dealkylation sites (N-methyl/N-ethyl adjacent to an activating group) is 1. The van der Waals surface area contributed by atoms with Gasteiger partial charge >= 0.3 is 0 Å². The van der Waals surface area contributed by atoms with Gasteiger partial charge in [0.1, 0.15) is 0 Å². The summed E-state index contributed by atoms with van der Waals surface area (Å²) in [5, 5.41) is 15.3. The largest absolute Gasteiger partial charge is 0.310 e. The maximum atomic E-state index is 6.18. The molecule has 1 N–H and O–H groups in total. The van der Waals surface area contributed by atoms with Crippen molar-refractivity contribution in [1.82, 2.24) is 25.5 Å². The highest BCUT2D eigenvalue weighted by Gasteiger charge is 2.19. The second kappa shape index (κ2) is 5.97. The number of aryl methyl sites for hydroxylation is 1. The lowest BCUT2D eigenvalue weighted by Gasteiger charge is -2.15. The first-order valence-corrected chi connectivity index (χ1v) is 7.08. The van der Waals surface area contributed by atoms with Gasteiger partial charge in [-0.15, -0.1) is 21.5 Å². The maximum absolute atomic E-state index is 6.18. The van der Waals surface area contributed by atoms with Gasteiger partial charge in [0.25, 0.3) is 0 Å². The van der Waals surface area contributed by atoms with E-state index in [1.54, 1.807) is 7.05 Å². The number of aromatic nitrogens is 4. The molecule has 18 heavy (non-hydrogen) atoms. The quantitative estimate of drug-likeness (QED) is 0.922. The molecular weight excluding hydrogens is 293 g/mol. The Morgan fingerprint density at radius 3 is 2.78 bits per heavy atom. The Bertz CT molecular complexity index is 524. The second-order valence-electron chi connectivity index (χ2n) is 3.79. The van der Waals surface area contributed by atoms with Crippen LogP contribution in [0.15, 0.2) is 6.07 Å². The molecule has 0 aromatic carbocycles. The SMILES string of the molecule is CCNC(Cc1nnn(C)n1)c1cc(Cl)sc1Cl. The summed E-state index contributed by atoms with van der Waals surface area (Å²) in [4.78, 5) is 1.44. The van der Waals surface area contributed by atoms with Crippen LogP contribution in [-0.2, 0) is 13.5 Å². The standard InChI is InChI=1S/C10H13Cl2N5S/c1-3-13-7(5-9-14-16-17(2)15-9)6-4-8(11)18-10(6)12/h4,7,13H,3,5H2,1-2H3. The predicted molar refractivity (Wildman–Crippen MR) is 73.3 cm³/mol. The van der Waals surface area contributed by atoms with Crippen LogP contribution in [0, 0.1) is 0 Å². The van der Waals surface area contributed by atoms with Crippen molar-refractivity contribution in [3.05, 3.63) is 26.1 Å². The van der Waals surface area contributed by atoms with Crippen molar-refractivity contribution in [3.8, 4) is 0 Å². The van der Waals surface area contributed by atoms with Crippen molar-refractivity contribution in [1.29, 1.82) is 0 Å². The average Bonchev–Trinajstić information content (AvgIpc) is 2.84. The fourth-order valence-electron chi connectivity index (χ4n) is 1.72. The number of tetrazole rings is 1. The van der Waals surface area contributed by atoms with Gasteiger partial charge in [-0.25, -0.2) is 0 Å². The van der Waals surface area contributed by atoms with Crippen molar-refractivity contribution >= 4 is 34.5 Å². The zero-order valence-corrected chi connectivity index (χ0v) is 12.4. The molecule has 0 spiro atoms. The Balaban J connectivity index is 2.20. The van der Waals surface area contributed by atoms with Crippen molar-refractivity contribution in [2.45, 2.75) is 19.4 Å². The number of hydrogen-bond acceptors (Lipinski definition) is 5. The Morgan fingerprint density at radius 2 is 2.28 bits per heavy atom.